The lowest BCUT2D eigenvalue weighted by Gasteiger charge is -2.22. The Morgan fingerprint density at radius 2 is 1.83 bits per heavy atom. The van der Waals surface area contributed by atoms with E-state index in [1.54, 1.807) is 19.0 Å². The van der Waals surface area contributed by atoms with Crippen LogP contribution in [0.3, 0.4) is 0 Å². The predicted molar refractivity (Wildman–Crippen MR) is 98.4 cm³/mol. The first-order chi connectivity index (χ1) is 11.4. The summed E-state index contributed by atoms with van der Waals surface area (Å²) in [4.78, 5) is 14.1. The molecule has 128 valence electrons. The van der Waals surface area contributed by atoms with Crippen LogP contribution in [0, 0.1) is 13.8 Å². The second-order valence-electron chi connectivity index (χ2n) is 6.45. The fourth-order valence-corrected chi connectivity index (χ4v) is 2.86. The maximum atomic E-state index is 12.5. The largest absolute Gasteiger partial charge is 0.489 e. The number of carbonyl (C=O) groups excluding carboxylic acids is 1. The Morgan fingerprint density at radius 3 is 2.50 bits per heavy atom. The van der Waals surface area contributed by atoms with Crippen molar-refractivity contribution in [3.05, 3.63) is 64.7 Å². The first-order valence-electron chi connectivity index (χ1n) is 8.43. The van der Waals surface area contributed by atoms with Gasteiger partial charge in [0.1, 0.15) is 12.4 Å². The van der Waals surface area contributed by atoms with Gasteiger partial charge < -0.3 is 9.64 Å². The van der Waals surface area contributed by atoms with Crippen LogP contribution in [-0.4, -0.2) is 24.9 Å². The molecule has 0 fully saturated rings. The van der Waals surface area contributed by atoms with Crippen molar-refractivity contribution >= 4 is 5.91 Å². The van der Waals surface area contributed by atoms with Gasteiger partial charge in [-0.25, -0.2) is 0 Å². The third-order valence-electron chi connectivity index (χ3n) is 4.30. The second kappa shape index (κ2) is 8.00. The van der Waals surface area contributed by atoms with Gasteiger partial charge >= 0.3 is 0 Å². The fraction of sp³-hybridized carbons (Fsp3) is 0.381. The van der Waals surface area contributed by atoms with Gasteiger partial charge in [-0.3, -0.25) is 4.79 Å². The molecule has 0 N–H and O–H groups in total. The topological polar surface area (TPSA) is 29.5 Å². The van der Waals surface area contributed by atoms with Crippen LogP contribution in [-0.2, 0) is 11.4 Å². The van der Waals surface area contributed by atoms with E-state index in [9.17, 15) is 4.79 Å². The zero-order valence-corrected chi connectivity index (χ0v) is 15.3. The lowest BCUT2D eigenvalue weighted by atomic mass is 9.91. The van der Waals surface area contributed by atoms with Gasteiger partial charge in [0.05, 0.1) is 5.92 Å². The molecule has 0 heterocycles. The van der Waals surface area contributed by atoms with Crippen molar-refractivity contribution in [3.63, 3.8) is 0 Å². The number of carbonyl (C=O) groups is 1. The molecular weight excluding hydrogens is 298 g/mol. The van der Waals surface area contributed by atoms with Crippen LogP contribution >= 0.6 is 0 Å². The number of likely N-dealkylation sites (N-methyl/N-ethyl adjacent to an activating group) is 1. The molecule has 0 aliphatic heterocycles. The van der Waals surface area contributed by atoms with E-state index in [0.29, 0.717) is 6.61 Å². The molecule has 0 aromatic heterocycles. The molecule has 24 heavy (non-hydrogen) atoms. The van der Waals surface area contributed by atoms with Gasteiger partial charge in [-0.1, -0.05) is 43.3 Å². The first-order valence-corrected chi connectivity index (χ1v) is 8.43. The summed E-state index contributed by atoms with van der Waals surface area (Å²) in [5.41, 5.74) is 4.43. The molecular formula is C21H27NO2. The number of nitrogens with zero attached hydrogens (tertiary/aromatic N) is 1. The van der Waals surface area contributed by atoms with Crippen molar-refractivity contribution in [1.29, 1.82) is 0 Å². The normalized spacial score (nSPS) is 11.9. The van der Waals surface area contributed by atoms with Crippen molar-refractivity contribution in [3.8, 4) is 5.75 Å². The molecule has 3 heteroatoms. The summed E-state index contributed by atoms with van der Waals surface area (Å²) in [6, 6.07) is 14.3. The minimum Gasteiger partial charge on any atom is -0.489 e. The molecule has 0 aliphatic rings. The van der Waals surface area contributed by atoms with Crippen LogP contribution in [0.25, 0.3) is 0 Å². The minimum absolute atomic E-state index is 0.126. The third-order valence-corrected chi connectivity index (χ3v) is 4.30. The third kappa shape index (κ3) is 4.16. The maximum absolute atomic E-state index is 12.5. The molecule has 2 aromatic carbocycles. The van der Waals surface area contributed by atoms with E-state index in [1.165, 1.54) is 5.56 Å². The van der Waals surface area contributed by atoms with E-state index in [4.69, 9.17) is 4.74 Å². The predicted octanol–water partition coefficient (Wildman–Crippen LogP) is 4.46. The number of rotatable bonds is 6. The monoisotopic (exact) mass is 325 g/mol. The number of hydrogen-bond acceptors (Lipinski definition) is 2. The van der Waals surface area contributed by atoms with E-state index in [1.807, 2.05) is 31.2 Å². The quantitative estimate of drug-likeness (QED) is 0.784. The summed E-state index contributed by atoms with van der Waals surface area (Å²) >= 11 is 0. The van der Waals surface area contributed by atoms with Gasteiger partial charge in [-0.2, -0.15) is 0 Å². The number of ether oxygens (including phenoxy) is 1. The summed E-state index contributed by atoms with van der Waals surface area (Å²) in [7, 11) is 3.61. The van der Waals surface area contributed by atoms with Crippen LogP contribution < -0.4 is 4.74 Å². The SMILES string of the molecule is CCC(C(=O)N(C)C)c1ccccc1COc1cc(C)ccc1C. The molecule has 1 unspecified atom stereocenters. The molecule has 1 amide bonds. The van der Waals surface area contributed by atoms with Gasteiger partial charge in [0.25, 0.3) is 0 Å². The van der Waals surface area contributed by atoms with Crippen LogP contribution in [0.4, 0.5) is 0 Å². The lowest BCUT2D eigenvalue weighted by Crippen LogP contribution is -2.28. The summed E-state index contributed by atoms with van der Waals surface area (Å²) in [6.07, 6.45) is 0.775. The molecule has 0 radical (unpaired) electrons. The first kappa shape index (κ1) is 18.1. The lowest BCUT2D eigenvalue weighted by molar-refractivity contribution is -0.130. The maximum Gasteiger partial charge on any atom is 0.229 e. The highest BCUT2D eigenvalue weighted by atomic mass is 16.5. The number of aryl methyl sites for hydroxylation is 2. The second-order valence-corrected chi connectivity index (χ2v) is 6.45. The van der Waals surface area contributed by atoms with Crippen LogP contribution in [0.5, 0.6) is 5.75 Å². The van der Waals surface area contributed by atoms with Crippen molar-refractivity contribution in [2.24, 2.45) is 0 Å². The zero-order chi connectivity index (χ0) is 17.7. The Morgan fingerprint density at radius 1 is 1.12 bits per heavy atom. The molecule has 1 atom stereocenters. The molecule has 0 saturated carbocycles. The van der Waals surface area contributed by atoms with E-state index < -0.39 is 0 Å². The van der Waals surface area contributed by atoms with Gasteiger partial charge in [0.15, 0.2) is 0 Å². The Balaban J connectivity index is 2.25. The molecule has 0 bridgehead atoms. The highest BCUT2D eigenvalue weighted by Gasteiger charge is 2.22. The Hall–Kier alpha value is -2.29. The minimum atomic E-state index is -0.126. The van der Waals surface area contributed by atoms with Gasteiger partial charge in [-0.05, 0) is 48.6 Å². The molecule has 2 aromatic rings. The molecule has 0 spiro atoms. The van der Waals surface area contributed by atoms with Crippen molar-refractivity contribution in [2.75, 3.05) is 14.1 Å². The molecule has 0 aliphatic carbocycles. The number of benzene rings is 2. The highest BCUT2D eigenvalue weighted by Crippen LogP contribution is 2.27. The summed E-state index contributed by atoms with van der Waals surface area (Å²) in [5.74, 6) is 0.909. The Kier molecular flexibility index (Phi) is 6.02. The number of hydrogen-bond donors (Lipinski definition) is 0. The summed E-state index contributed by atoms with van der Waals surface area (Å²) in [6.45, 7) is 6.63. The van der Waals surface area contributed by atoms with Gasteiger partial charge in [0, 0.05) is 14.1 Å². The van der Waals surface area contributed by atoms with Crippen molar-refractivity contribution in [2.45, 2.75) is 39.7 Å². The molecule has 3 nitrogen and oxygen atoms in total. The standard InChI is InChI=1S/C21H27NO2/c1-6-18(21(23)22(4)5)19-10-8-7-9-17(19)14-24-20-13-15(2)11-12-16(20)3/h7-13,18H,6,14H2,1-5H3. The van der Waals surface area contributed by atoms with Crippen molar-refractivity contribution < 1.29 is 9.53 Å². The summed E-state index contributed by atoms with van der Waals surface area (Å²) < 4.78 is 6.05. The van der Waals surface area contributed by atoms with Crippen LogP contribution in [0.1, 0.15) is 41.5 Å². The average Bonchev–Trinajstić information content (AvgIpc) is 2.57. The highest BCUT2D eigenvalue weighted by molar-refractivity contribution is 5.83. The van der Waals surface area contributed by atoms with Crippen LogP contribution in [0.2, 0.25) is 0 Å². The molecule has 2 rings (SSSR count). The Bertz CT molecular complexity index is 707. The van der Waals surface area contributed by atoms with E-state index in [2.05, 4.69) is 32.0 Å². The van der Waals surface area contributed by atoms with E-state index >= 15 is 0 Å². The van der Waals surface area contributed by atoms with E-state index in [0.717, 1.165) is 28.9 Å². The van der Waals surface area contributed by atoms with E-state index in [-0.39, 0.29) is 11.8 Å². The van der Waals surface area contributed by atoms with Gasteiger partial charge in [0.2, 0.25) is 5.91 Å². The van der Waals surface area contributed by atoms with Crippen molar-refractivity contribution in [1.82, 2.24) is 4.90 Å². The Labute approximate surface area is 145 Å². The number of amides is 1. The smallest absolute Gasteiger partial charge is 0.229 e. The summed E-state index contributed by atoms with van der Waals surface area (Å²) in [5, 5.41) is 0. The average molecular weight is 325 g/mol. The molecule has 0 saturated heterocycles. The fourth-order valence-electron chi connectivity index (χ4n) is 2.86. The van der Waals surface area contributed by atoms with Gasteiger partial charge in [-0.15, -0.1) is 0 Å². The van der Waals surface area contributed by atoms with Crippen LogP contribution in [0.15, 0.2) is 42.5 Å². The zero-order valence-electron chi connectivity index (χ0n) is 15.3.